The number of para-hydroxylation sites is 1. The summed E-state index contributed by atoms with van der Waals surface area (Å²) in [5.41, 5.74) is 31.6. The molecule has 2 heteroatoms. The summed E-state index contributed by atoms with van der Waals surface area (Å²) in [5.74, 6) is 0. The van der Waals surface area contributed by atoms with E-state index in [1.807, 2.05) is 0 Å². The van der Waals surface area contributed by atoms with E-state index in [1.54, 1.807) is 0 Å². The number of nitrogens with zero attached hydrogens (tertiary/aromatic N) is 2. The van der Waals surface area contributed by atoms with Crippen molar-refractivity contribution in [3.8, 4) is 122 Å². The third-order valence-corrected chi connectivity index (χ3v) is 23.6. The third-order valence-electron chi connectivity index (χ3n) is 23.6. The topological polar surface area (TPSA) is 6.48 Å². The largest absolute Gasteiger partial charge is 0.310 e. The smallest absolute Gasteiger partial charge is 0.0546 e. The molecule has 0 saturated heterocycles. The van der Waals surface area contributed by atoms with Crippen LogP contribution in [0.2, 0.25) is 0 Å². The number of rotatable bonds is 17. The van der Waals surface area contributed by atoms with Crippen molar-refractivity contribution in [2.45, 2.75) is 0 Å². The molecule has 552 valence electrons. The predicted octanol–water partition coefficient (Wildman–Crippen LogP) is 32.7. The van der Waals surface area contributed by atoms with E-state index < -0.39 is 0 Å². The van der Waals surface area contributed by atoms with Gasteiger partial charge in [-0.05, 0) is 269 Å². The zero-order chi connectivity index (χ0) is 78.2. The van der Waals surface area contributed by atoms with Gasteiger partial charge in [0.05, 0.1) is 17.1 Å². The Hall–Kier alpha value is -15.5. The van der Waals surface area contributed by atoms with Crippen molar-refractivity contribution in [3.63, 3.8) is 0 Å². The van der Waals surface area contributed by atoms with Crippen molar-refractivity contribution in [2.24, 2.45) is 0 Å². The lowest BCUT2D eigenvalue weighted by molar-refractivity contribution is 1.28. The Labute approximate surface area is 688 Å². The molecule has 0 radical (unpaired) electrons. The maximum Gasteiger partial charge on any atom is 0.0546 e. The molecule has 0 aliphatic rings. The minimum atomic E-state index is 1.04. The molecule has 0 atom stereocenters. The second kappa shape index (κ2) is 30.8. The molecule has 21 rings (SSSR count). The molecule has 0 aliphatic heterocycles. The lowest BCUT2D eigenvalue weighted by atomic mass is 9.91. The van der Waals surface area contributed by atoms with E-state index in [0.717, 1.165) is 145 Å². The zero-order valence-corrected chi connectivity index (χ0v) is 64.9. The molecular weight excluding hydrogens is 1420 g/mol. The van der Waals surface area contributed by atoms with Gasteiger partial charge in [0.1, 0.15) is 0 Å². The van der Waals surface area contributed by atoms with E-state index >= 15 is 0 Å². The van der Waals surface area contributed by atoms with Crippen molar-refractivity contribution in [1.82, 2.24) is 0 Å². The molecule has 0 aromatic heterocycles. The van der Waals surface area contributed by atoms with Crippen LogP contribution in [0.25, 0.3) is 176 Å². The fraction of sp³-hybridized carbons (Fsp3) is 0. The fourth-order valence-corrected chi connectivity index (χ4v) is 17.5. The average molecular weight is 1500 g/mol. The van der Waals surface area contributed by atoms with Gasteiger partial charge in [0, 0.05) is 33.8 Å². The highest BCUT2D eigenvalue weighted by molar-refractivity contribution is 6.02. The molecule has 0 bridgehead atoms. The van der Waals surface area contributed by atoms with Crippen molar-refractivity contribution in [3.05, 3.63) is 473 Å². The fourth-order valence-electron chi connectivity index (χ4n) is 17.5. The van der Waals surface area contributed by atoms with E-state index in [9.17, 15) is 0 Å². The lowest BCUT2D eigenvalue weighted by Crippen LogP contribution is -2.12. The molecule has 0 amide bonds. The Kier molecular flexibility index (Phi) is 18.4. The number of benzene rings is 21. The first-order valence-corrected chi connectivity index (χ1v) is 40.6. The molecule has 0 spiro atoms. The van der Waals surface area contributed by atoms with Crippen LogP contribution in [0.5, 0.6) is 0 Å². The van der Waals surface area contributed by atoms with Crippen molar-refractivity contribution < 1.29 is 0 Å². The van der Waals surface area contributed by atoms with Crippen LogP contribution < -0.4 is 9.80 Å². The van der Waals surface area contributed by atoms with Crippen molar-refractivity contribution in [1.29, 1.82) is 0 Å². The summed E-state index contributed by atoms with van der Waals surface area (Å²) in [5, 5.41) is 12.1. The minimum absolute atomic E-state index is 1.04. The summed E-state index contributed by atoms with van der Waals surface area (Å²) >= 11 is 0. The third kappa shape index (κ3) is 13.8. The molecule has 0 saturated carbocycles. The Balaban J connectivity index is 0.648. The van der Waals surface area contributed by atoms with Crippen LogP contribution in [0.15, 0.2) is 473 Å². The van der Waals surface area contributed by atoms with Crippen LogP contribution in [-0.4, -0.2) is 0 Å². The van der Waals surface area contributed by atoms with Gasteiger partial charge in [0.15, 0.2) is 0 Å². The summed E-state index contributed by atoms with van der Waals surface area (Å²) in [7, 11) is 0. The Bertz CT molecular complexity index is 7340. The van der Waals surface area contributed by atoms with Crippen molar-refractivity contribution >= 4 is 88.0 Å². The Morgan fingerprint density at radius 3 is 0.873 bits per heavy atom. The lowest BCUT2D eigenvalue weighted by Gasteiger charge is -2.30. The Morgan fingerprint density at radius 1 is 0.110 bits per heavy atom. The molecule has 0 aliphatic carbocycles. The highest BCUT2D eigenvalue weighted by Crippen LogP contribution is 2.50. The van der Waals surface area contributed by atoms with Gasteiger partial charge in [-0.1, -0.05) is 364 Å². The number of hydrogen-bond donors (Lipinski definition) is 0. The number of anilines is 6. The first-order valence-electron chi connectivity index (χ1n) is 40.6. The van der Waals surface area contributed by atoms with E-state index in [4.69, 9.17) is 0 Å². The van der Waals surface area contributed by atoms with Crippen LogP contribution in [0.3, 0.4) is 0 Å². The molecule has 0 fully saturated rings. The van der Waals surface area contributed by atoms with Gasteiger partial charge in [0.2, 0.25) is 0 Å². The zero-order valence-electron chi connectivity index (χ0n) is 64.9. The molecule has 21 aromatic carbocycles. The standard InChI is InChI=1S/C116H78N2/c1-3-22-79(23-4-1)103-74-104(85-54-60-106(61-55-85)117(107-64-56-88(57-65-107)110-42-21-35-86-30-15-16-40-109(86)110)115-77-99(97-48-44-80-24-7-11-31-89(80)69-97)58-66-112(115)101-50-46-82-26-9-13-33-91(82)72-101)76-105(75-103)96-39-20-38-95(71-96)94-37-19-36-93(68-94)84-52-62-108(63-53-84)118(114-43-18-17-41-111(114)87-28-5-2-6-29-87)116-78-100(98-49-45-81-25-8-12-32-90(81)70-98)59-67-113(116)102-51-47-83-27-10-14-34-92(83)73-102/h1-78H. The van der Waals surface area contributed by atoms with Gasteiger partial charge in [-0.3, -0.25) is 0 Å². The summed E-state index contributed by atoms with van der Waals surface area (Å²) in [4.78, 5) is 4.94. The van der Waals surface area contributed by atoms with Gasteiger partial charge in [0.25, 0.3) is 0 Å². The van der Waals surface area contributed by atoms with Crippen LogP contribution >= 0.6 is 0 Å². The quantitative estimate of drug-likeness (QED) is 0.0896. The average Bonchev–Trinajstić information content (AvgIpc) is 0.760. The molecule has 118 heavy (non-hydrogen) atoms. The Morgan fingerprint density at radius 2 is 0.373 bits per heavy atom. The van der Waals surface area contributed by atoms with Gasteiger partial charge in [-0.15, -0.1) is 0 Å². The second-order valence-electron chi connectivity index (χ2n) is 30.8. The van der Waals surface area contributed by atoms with Gasteiger partial charge >= 0.3 is 0 Å². The number of fused-ring (bicyclic) bond motifs is 5. The summed E-state index contributed by atoms with van der Waals surface area (Å²) in [6.07, 6.45) is 0. The maximum absolute atomic E-state index is 2.48. The van der Waals surface area contributed by atoms with Gasteiger partial charge in [-0.25, -0.2) is 0 Å². The molecule has 0 N–H and O–H groups in total. The minimum Gasteiger partial charge on any atom is -0.310 e. The van der Waals surface area contributed by atoms with Crippen LogP contribution in [0, 0.1) is 0 Å². The van der Waals surface area contributed by atoms with E-state index in [-0.39, 0.29) is 0 Å². The maximum atomic E-state index is 2.48. The van der Waals surface area contributed by atoms with Crippen LogP contribution in [-0.2, 0) is 0 Å². The molecule has 0 unspecified atom stereocenters. The van der Waals surface area contributed by atoms with Gasteiger partial charge in [-0.2, -0.15) is 0 Å². The van der Waals surface area contributed by atoms with E-state index in [2.05, 4.69) is 483 Å². The predicted molar refractivity (Wildman–Crippen MR) is 503 cm³/mol. The first-order chi connectivity index (χ1) is 58.4. The van der Waals surface area contributed by atoms with E-state index in [1.165, 1.54) is 65.0 Å². The highest BCUT2D eigenvalue weighted by atomic mass is 15.2. The number of hydrogen-bond acceptors (Lipinski definition) is 2. The van der Waals surface area contributed by atoms with E-state index in [0.29, 0.717) is 0 Å². The van der Waals surface area contributed by atoms with Gasteiger partial charge < -0.3 is 9.80 Å². The molecule has 21 aromatic rings. The highest BCUT2D eigenvalue weighted by Gasteiger charge is 2.25. The summed E-state index contributed by atoms with van der Waals surface area (Å²) in [6, 6.07) is 175. The molecular formula is C116H78N2. The molecule has 2 nitrogen and oxygen atoms in total. The monoisotopic (exact) mass is 1500 g/mol. The van der Waals surface area contributed by atoms with Crippen LogP contribution in [0.1, 0.15) is 0 Å². The first kappa shape index (κ1) is 70.4. The SMILES string of the molecule is c1ccc(-c2cc(-c3ccc(N(c4ccc(-c5cccc6ccccc56)cc4)c4cc(-c5ccc6ccccc6c5)ccc4-c4ccc5ccccc5c4)cc3)cc(-c3cccc(-c4cccc(-c5ccc(N(c6ccccc6-c6ccccc6)c6cc(-c7ccc8ccccc8c7)ccc6-c6ccc7ccccc7c6)cc5)c4)c3)c2)cc1. The normalized spacial score (nSPS) is 11.4. The van der Waals surface area contributed by atoms with Crippen LogP contribution in [0.4, 0.5) is 34.1 Å². The van der Waals surface area contributed by atoms with Crippen molar-refractivity contribution in [2.75, 3.05) is 9.80 Å². The molecule has 0 heterocycles. The summed E-state index contributed by atoms with van der Waals surface area (Å²) in [6.45, 7) is 0. The second-order valence-corrected chi connectivity index (χ2v) is 30.8. The summed E-state index contributed by atoms with van der Waals surface area (Å²) < 4.78 is 0.